The third kappa shape index (κ3) is 2.99. The van der Waals surface area contributed by atoms with E-state index in [4.69, 9.17) is 4.42 Å². The number of fused-ring (bicyclic) bond motifs is 1. The van der Waals surface area contributed by atoms with E-state index >= 15 is 0 Å². The zero-order valence-corrected chi connectivity index (χ0v) is 11.9. The molecule has 0 saturated carbocycles. The number of furan rings is 1. The summed E-state index contributed by atoms with van der Waals surface area (Å²) in [5.41, 5.74) is 2.28. The first-order valence-electron chi connectivity index (χ1n) is 7.09. The summed E-state index contributed by atoms with van der Waals surface area (Å²) in [5, 5.41) is 4.09. The number of benzene rings is 1. The Hall–Kier alpha value is -2.49. The quantitative estimate of drug-likeness (QED) is 0.754. The predicted molar refractivity (Wildman–Crippen MR) is 81.7 cm³/mol. The average molecular weight is 282 g/mol. The zero-order valence-electron chi connectivity index (χ0n) is 11.9. The van der Waals surface area contributed by atoms with Gasteiger partial charge in [0.25, 0.3) is 0 Å². The molecular weight excluding hydrogens is 264 g/mol. The van der Waals surface area contributed by atoms with Gasteiger partial charge in [0, 0.05) is 23.0 Å². The van der Waals surface area contributed by atoms with E-state index in [1.54, 1.807) is 6.26 Å². The Balaban J connectivity index is 1.62. The Morgan fingerprint density at radius 2 is 2.14 bits per heavy atom. The number of para-hydroxylation sites is 1. The van der Waals surface area contributed by atoms with Crippen LogP contribution >= 0.6 is 0 Å². The molecule has 0 fully saturated rings. The molecule has 21 heavy (non-hydrogen) atoms. The lowest BCUT2D eigenvalue weighted by Gasteiger charge is -2.11. The second kappa shape index (κ2) is 5.87. The third-order valence-electron chi connectivity index (χ3n) is 3.67. The summed E-state index contributed by atoms with van der Waals surface area (Å²) >= 11 is 0. The van der Waals surface area contributed by atoms with E-state index < -0.39 is 0 Å². The van der Waals surface area contributed by atoms with Gasteiger partial charge in [-0.05, 0) is 30.2 Å². The van der Waals surface area contributed by atoms with Crippen molar-refractivity contribution in [2.24, 2.45) is 5.92 Å². The van der Waals surface area contributed by atoms with Crippen LogP contribution < -0.4 is 5.32 Å². The molecule has 2 N–H and O–H groups in total. The minimum Gasteiger partial charge on any atom is -0.467 e. The molecule has 2 heterocycles. The molecule has 1 unspecified atom stereocenters. The Bertz CT molecular complexity index is 728. The number of rotatable bonds is 5. The number of hydrogen-bond donors (Lipinski definition) is 2. The molecule has 0 radical (unpaired) electrons. The number of H-pyrrole nitrogens is 1. The summed E-state index contributed by atoms with van der Waals surface area (Å²) < 4.78 is 5.21. The number of aromatic nitrogens is 1. The van der Waals surface area contributed by atoms with Crippen LogP contribution in [0.3, 0.4) is 0 Å². The van der Waals surface area contributed by atoms with Crippen molar-refractivity contribution >= 4 is 16.8 Å². The summed E-state index contributed by atoms with van der Waals surface area (Å²) in [6, 6.07) is 11.8. The lowest BCUT2D eigenvalue weighted by atomic mass is 10.00. The van der Waals surface area contributed by atoms with Crippen molar-refractivity contribution in [2.45, 2.75) is 19.9 Å². The molecule has 0 aliphatic rings. The standard InChI is InChI=1S/C17H18N2O2/c1-12(17(20)19-11-14-5-4-8-21-14)9-13-10-18-16-7-3-2-6-15(13)16/h2-8,10,12,18H,9,11H2,1H3,(H,19,20). The van der Waals surface area contributed by atoms with Gasteiger partial charge in [0.15, 0.2) is 0 Å². The second-order valence-corrected chi connectivity index (χ2v) is 5.26. The molecule has 2 aromatic heterocycles. The van der Waals surface area contributed by atoms with Gasteiger partial charge in [-0.25, -0.2) is 0 Å². The van der Waals surface area contributed by atoms with E-state index in [-0.39, 0.29) is 11.8 Å². The minimum atomic E-state index is -0.0841. The van der Waals surface area contributed by atoms with Crippen LogP contribution in [0.25, 0.3) is 10.9 Å². The molecule has 1 aromatic carbocycles. The summed E-state index contributed by atoms with van der Waals surface area (Å²) in [6.07, 6.45) is 4.31. The van der Waals surface area contributed by atoms with Crippen molar-refractivity contribution in [3.8, 4) is 0 Å². The first-order valence-corrected chi connectivity index (χ1v) is 7.09. The lowest BCUT2D eigenvalue weighted by Crippen LogP contribution is -2.29. The average Bonchev–Trinajstić information content (AvgIpc) is 3.15. The Kier molecular flexibility index (Phi) is 3.77. The molecule has 1 amide bonds. The molecule has 0 bridgehead atoms. The monoisotopic (exact) mass is 282 g/mol. The molecule has 0 aliphatic heterocycles. The first-order chi connectivity index (χ1) is 10.2. The fraction of sp³-hybridized carbons (Fsp3) is 0.235. The van der Waals surface area contributed by atoms with Crippen LogP contribution in [-0.4, -0.2) is 10.9 Å². The van der Waals surface area contributed by atoms with Gasteiger partial charge in [0.2, 0.25) is 5.91 Å². The molecule has 1 atom stereocenters. The van der Waals surface area contributed by atoms with Crippen molar-refractivity contribution < 1.29 is 9.21 Å². The van der Waals surface area contributed by atoms with E-state index in [1.807, 2.05) is 43.5 Å². The Labute approximate surface area is 123 Å². The fourth-order valence-corrected chi connectivity index (χ4v) is 2.48. The molecule has 3 aromatic rings. The zero-order chi connectivity index (χ0) is 14.7. The van der Waals surface area contributed by atoms with Crippen molar-refractivity contribution in [1.82, 2.24) is 10.3 Å². The maximum Gasteiger partial charge on any atom is 0.223 e. The minimum absolute atomic E-state index is 0.0386. The van der Waals surface area contributed by atoms with Crippen molar-refractivity contribution in [3.63, 3.8) is 0 Å². The highest BCUT2D eigenvalue weighted by Crippen LogP contribution is 2.20. The summed E-state index contributed by atoms with van der Waals surface area (Å²) in [6.45, 7) is 2.38. The molecule has 0 spiro atoms. The number of aromatic amines is 1. The van der Waals surface area contributed by atoms with E-state index in [2.05, 4.69) is 16.4 Å². The summed E-state index contributed by atoms with van der Waals surface area (Å²) in [5.74, 6) is 0.721. The highest BCUT2D eigenvalue weighted by molar-refractivity contribution is 5.84. The Morgan fingerprint density at radius 1 is 1.29 bits per heavy atom. The highest BCUT2D eigenvalue weighted by Gasteiger charge is 2.15. The molecule has 4 heteroatoms. The van der Waals surface area contributed by atoms with Crippen molar-refractivity contribution in [2.75, 3.05) is 0 Å². The SMILES string of the molecule is CC(Cc1c[nH]c2ccccc12)C(=O)NCc1ccco1. The number of nitrogens with one attached hydrogen (secondary N) is 2. The molecule has 108 valence electrons. The van der Waals surface area contributed by atoms with E-state index in [0.717, 1.165) is 11.3 Å². The predicted octanol–water partition coefficient (Wildman–Crippen LogP) is 3.26. The second-order valence-electron chi connectivity index (χ2n) is 5.26. The van der Waals surface area contributed by atoms with Crippen LogP contribution in [0.4, 0.5) is 0 Å². The van der Waals surface area contributed by atoms with Crippen LogP contribution in [0.2, 0.25) is 0 Å². The summed E-state index contributed by atoms with van der Waals surface area (Å²) in [7, 11) is 0. The first kappa shape index (κ1) is 13.5. The van der Waals surface area contributed by atoms with Gasteiger partial charge >= 0.3 is 0 Å². The molecule has 0 saturated heterocycles. The van der Waals surface area contributed by atoms with Crippen molar-refractivity contribution in [3.05, 3.63) is 60.2 Å². The van der Waals surface area contributed by atoms with Gasteiger partial charge in [-0.1, -0.05) is 25.1 Å². The van der Waals surface area contributed by atoms with Gasteiger partial charge in [-0.3, -0.25) is 4.79 Å². The maximum absolute atomic E-state index is 12.1. The number of carbonyl (C=O) groups excluding carboxylic acids is 1. The normalized spacial score (nSPS) is 12.4. The van der Waals surface area contributed by atoms with Crippen LogP contribution in [-0.2, 0) is 17.8 Å². The van der Waals surface area contributed by atoms with Crippen LogP contribution in [0, 0.1) is 5.92 Å². The lowest BCUT2D eigenvalue weighted by molar-refractivity contribution is -0.124. The Morgan fingerprint density at radius 3 is 2.95 bits per heavy atom. The topological polar surface area (TPSA) is 58.0 Å². The largest absolute Gasteiger partial charge is 0.467 e. The summed E-state index contributed by atoms with van der Waals surface area (Å²) in [4.78, 5) is 15.4. The van der Waals surface area contributed by atoms with Gasteiger partial charge in [-0.15, -0.1) is 0 Å². The highest BCUT2D eigenvalue weighted by atomic mass is 16.3. The molecule has 0 aliphatic carbocycles. The van der Waals surface area contributed by atoms with E-state index in [0.29, 0.717) is 13.0 Å². The molecular formula is C17H18N2O2. The van der Waals surface area contributed by atoms with Crippen LogP contribution in [0.1, 0.15) is 18.2 Å². The molecule has 3 rings (SSSR count). The fourth-order valence-electron chi connectivity index (χ4n) is 2.48. The number of amides is 1. The van der Waals surface area contributed by atoms with Gasteiger partial charge in [0.05, 0.1) is 12.8 Å². The maximum atomic E-state index is 12.1. The van der Waals surface area contributed by atoms with E-state index in [1.165, 1.54) is 10.9 Å². The number of carbonyl (C=O) groups is 1. The van der Waals surface area contributed by atoms with Crippen molar-refractivity contribution in [1.29, 1.82) is 0 Å². The van der Waals surface area contributed by atoms with Crippen LogP contribution in [0.5, 0.6) is 0 Å². The van der Waals surface area contributed by atoms with Gasteiger partial charge in [0.1, 0.15) is 5.76 Å². The van der Waals surface area contributed by atoms with E-state index in [9.17, 15) is 4.79 Å². The van der Waals surface area contributed by atoms with Crippen LogP contribution in [0.15, 0.2) is 53.3 Å². The van der Waals surface area contributed by atoms with Gasteiger partial charge < -0.3 is 14.7 Å². The molecule has 4 nitrogen and oxygen atoms in total. The third-order valence-corrected chi connectivity index (χ3v) is 3.67. The van der Waals surface area contributed by atoms with Gasteiger partial charge in [-0.2, -0.15) is 0 Å². The number of hydrogen-bond acceptors (Lipinski definition) is 2. The smallest absolute Gasteiger partial charge is 0.223 e.